The van der Waals surface area contributed by atoms with Gasteiger partial charge in [0.2, 0.25) is 0 Å². The third kappa shape index (κ3) is 5.38. The van der Waals surface area contributed by atoms with E-state index in [-0.39, 0.29) is 12.0 Å². The summed E-state index contributed by atoms with van der Waals surface area (Å²) in [6.45, 7) is 5.92. The minimum atomic E-state index is 0.00236. The number of carbonyl (C=O) groups excluding carboxylic acids is 1. The zero-order valence-electron chi connectivity index (χ0n) is 14.8. The largest absolute Gasteiger partial charge is 0.491 e. The summed E-state index contributed by atoms with van der Waals surface area (Å²) in [6.07, 6.45) is 3.49. The van der Waals surface area contributed by atoms with E-state index in [9.17, 15) is 4.79 Å². The first-order valence-corrected chi connectivity index (χ1v) is 8.13. The monoisotopic (exact) mass is 330 g/mol. The highest BCUT2D eigenvalue weighted by molar-refractivity contribution is 5.94. The molecule has 0 unspecified atom stereocenters. The highest BCUT2D eigenvalue weighted by Crippen LogP contribution is 2.16. The van der Waals surface area contributed by atoms with Crippen LogP contribution in [0.3, 0.4) is 0 Å². The smallest absolute Gasteiger partial charge is 0.254 e. The molecule has 24 heavy (non-hydrogen) atoms. The molecule has 2 aromatic rings. The van der Waals surface area contributed by atoms with Gasteiger partial charge in [-0.1, -0.05) is 0 Å². The summed E-state index contributed by atoms with van der Waals surface area (Å²) >= 11 is 0. The Morgan fingerprint density at radius 1 is 1.21 bits per heavy atom. The first kappa shape index (κ1) is 18.0. The third-order valence-corrected chi connectivity index (χ3v) is 3.49. The van der Waals surface area contributed by atoms with E-state index < -0.39 is 0 Å². The first-order chi connectivity index (χ1) is 11.5. The Kier molecular flexibility index (Phi) is 6.37. The van der Waals surface area contributed by atoms with E-state index in [4.69, 9.17) is 4.74 Å². The van der Waals surface area contributed by atoms with Gasteiger partial charge in [-0.05, 0) is 52.2 Å². The van der Waals surface area contributed by atoms with E-state index >= 15 is 0 Å². The Bertz CT molecular complexity index is 621. The molecule has 2 rings (SSSR count). The van der Waals surface area contributed by atoms with Crippen LogP contribution in [0.5, 0.6) is 5.75 Å². The Balaban J connectivity index is 2.10. The van der Waals surface area contributed by atoms with Crippen LogP contribution < -0.4 is 4.74 Å². The molecule has 1 aromatic carbocycles. The van der Waals surface area contributed by atoms with E-state index in [2.05, 4.69) is 14.9 Å². The van der Waals surface area contributed by atoms with Crippen molar-refractivity contribution >= 4 is 5.91 Å². The van der Waals surface area contributed by atoms with Crippen LogP contribution in [-0.4, -0.2) is 59.0 Å². The summed E-state index contributed by atoms with van der Waals surface area (Å²) in [6, 6.07) is 7.31. The summed E-state index contributed by atoms with van der Waals surface area (Å²) in [4.78, 5) is 23.8. The second-order valence-corrected chi connectivity index (χ2v) is 6.30. The summed E-state index contributed by atoms with van der Waals surface area (Å²) in [7, 11) is 3.99. The molecule has 1 amide bonds. The number of hydrogen-bond donors (Lipinski definition) is 1. The van der Waals surface area contributed by atoms with E-state index in [0.29, 0.717) is 18.7 Å². The average Bonchev–Trinajstić information content (AvgIpc) is 3.04. The molecule has 0 saturated heterocycles. The first-order valence-electron chi connectivity index (χ1n) is 8.13. The van der Waals surface area contributed by atoms with Crippen LogP contribution in [-0.2, 0) is 6.54 Å². The molecule has 0 spiro atoms. The van der Waals surface area contributed by atoms with Gasteiger partial charge in [0.25, 0.3) is 5.91 Å². The van der Waals surface area contributed by atoms with Crippen LogP contribution in [0.2, 0.25) is 0 Å². The number of H-pyrrole nitrogens is 1. The Labute approximate surface area is 143 Å². The molecule has 6 heteroatoms. The van der Waals surface area contributed by atoms with Crippen molar-refractivity contribution in [2.24, 2.45) is 0 Å². The lowest BCUT2D eigenvalue weighted by Gasteiger charge is -2.24. The number of nitrogens with zero attached hydrogens (tertiary/aromatic N) is 3. The molecule has 0 radical (unpaired) electrons. The number of likely N-dealkylation sites (N-methyl/N-ethyl adjacent to an activating group) is 1. The van der Waals surface area contributed by atoms with Gasteiger partial charge in [-0.15, -0.1) is 0 Å². The van der Waals surface area contributed by atoms with Crippen LogP contribution in [0.1, 0.15) is 29.9 Å². The number of aromatic amines is 1. The van der Waals surface area contributed by atoms with Crippen molar-refractivity contribution in [1.29, 1.82) is 0 Å². The Hall–Kier alpha value is -2.34. The molecule has 130 valence electrons. The lowest BCUT2D eigenvalue weighted by atomic mass is 10.2. The van der Waals surface area contributed by atoms with Gasteiger partial charge < -0.3 is 19.5 Å². The maximum Gasteiger partial charge on any atom is 0.254 e. The number of aromatic nitrogens is 2. The summed E-state index contributed by atoms with van der Waals surface area (Å²) in [5.74, 6) is 0.775. The molecule has 0 aliphatic rings. The van der Waals surface area contributed by atoms with Crippen LogP contribution in [0.15, 0.2) is 36.8 Å². The molecule has 6 nitrogen and oxygen atoms in total. The molecular weight excluding hydrogens is 304 g/mol. The SMILES string of the molecule is CC(C)Oc1ccc(C(=O)N(CCN(C)C)Cc2cnc[nH]2)cc1. The number of imidazole rings is 1. The minimum Gasteiger partial charge on any atom is -0.491 e. The lowest BCUT2D eigenvalue weighted by molar-refractivity contribution is 0.0730. The average molecular weight is 330 g/mol. The minimum absolute atomic E-state index is 0.00236. The highest BCUT2D eigenvalue weighted by Gasteiger charge is 2.17. The molecule has 0 atom stereocenters. The predicted molar refractivity (Wildman–Crippen MR) is 94.1 cm³/mol. The molecule has 0 aliphatic carbocycles. The molecule has 0 saturated carbocycles. The molecule has 1 N–H and O–H groups in total. The predicted octanol–water partition coefficient (Wildman–Crippen LogP) is 2.40. The van der Waals surface area contributed by atoms with Crippen LogP contribution in [0.4, 0.5) is 0 Å². The summed E-state index contributed by atoms with van der Waals surface area (Å²) in [5.41, 5.74) is 1.58. The second-order valence-electron chi connectivity index (χ2n) is 6.30. The molecule has 0 bridgehead atoms. The zero-order chi connectivity index (χ0) is 17.5. The molecule has 0 aliphatic heterocycles. The topological polar surface area (TPSA) is 61.5 Å². The fourth-order valence-electron chi connectivity index (χ4n) is 2.28. The molecule has 1 aromatic heterocycles. The Morgan fingerprint density at radius 2 is 1.92 bits per heavy atom. The van der Waals surface area contributed by atoms with Gasteiger partial charge in [0.05, 0.1) is 24.7 Å². The highest BCUT2D eigenvalue weighted by atomic mass is 16.5. The van der Waals surface area contributed by atoms with Crippen LogP contribution in [0.25, 0.3) is 0 Å². The van der Waals surface area contributed by atoms with Crippen molar-refractivity contribution in [2.75, 3.05) is 27.2 Å². The number of nitrogens with one attached hydrogen (secondary N) is 1. The maximum absolute atomic E-state index is 12.8. The van der Waals surface area contributed by atoms with Crippen LogP contribution in [0, 0.1) is 0 Å². The van der Waals surface area contributed by atoms with Gasteiger partial charge in [-0.3, -0.25) is 4.79 Å². The summed E-state index contributed by atoms with van der Waals surface area (Å²) < 4.78 is 5.63. The van der Waals surface area contributed by atoms with Gasteiger partial charge in [0, 0.05) is 24.8 Å². The standard InChI is InChI=1S/C18H26N4O2/c1-14(2)24-17-7-5-15(6-8-17)18(23)22(10-9-21(3)4)12-16-11-19-13-20-16/h5-8,11,13-14H,9-10,12H2,1-4H3,(H,19,20). The van der Waals surface area contributed by atoms with E-state index in [1.807, 2.05) is 57.1 Å². The van der Waals surface area contributed by atoms with Crippen molar-refractivity contribution in [3.63, 3.8) is 0 Å². The van der Waals surface area contributed by atoms with E-state index in [1.54, 1.807) is 12.5 Å². The van der Waals surface area contributed by atoms with Gasteiger partial charge in [0.1, 0.15) is 5.75 Å². The van der Waals surface area contributed by atoms with Gasteiger partial charge in [-0.25, -0.2) is 4.98 Å². The van der Waals surface area contributed by atoms with Crippen molar-refractivity contribution in [1.82, 2.24) is 19.8 Å². The van der Waals surface area contributed by atoms with Crippen molar-refractivity contribution in [3.8, 4) is 5.75 Å². The fraction of sp³-hybridized carbons (Fsp3) is 0.444. The third-order valence-electron chi connectivity index (χ3n) is 3.49. The second kappa shape index (κ2) is 8.49. The van der Waals surface area contributed by atoms with Crippen LogP contribution >= 0.6 is 0 Å². The number of rotatable bonds is 8. The number of ether oxygens (including phenoxy) is 1. The summed E-state index contributed by atoms with van der Waals surface area (Å²) in [5, 5.41) is 0. The molecular formula is C18H26N4O2. The molecule has 1 heterocycles. The van der Waals surface area contributed by atoms with Crippen molar-refractivity contribution in [3.05, 3.63) is 48.0 Å². The number of benzene rings is 1. The maximum atomic E-state index is 12.8. The van der Waals surface area contributed by atoms with Crippen molar-refractivity contribution < 1.29 is 9.53 Å². The normalized spacial score (nSPS) is 11.1. The molecule has 0 fully saturated rings. The quantitative estimate of drug-likeness (QED) is 0.807. The van der Waals surface area contributed by atoms with Crippen molar-refractivity contribution in [2.45, 2.75) is 26.5 Å². The van der Waals surface area contributed by atoms with E-state index in [0.717, 1.165) is 18.0 Å². The van der Waals surface area contributed by atoms with Gasteiger partial charge >= 0.3 is 0 Å². The lowest BCUT2D eigenvalue weighted by Crippen LogP contribution is -2.36. The number of hydrogen-bond acceptors (Lipinski definition) is 4. The fourth-order valence-corrected chi connectivity index (χ4v) is 2.28. The van der Waals surface area contributed by atoms with Gasteiger partial charge in [-0.2, -0.15) is 0 Å². The zero-order valence-corrected chi connectivity index (χ0v) is 14.8. The number of amides is 1. The van der Waals surface area contributed by atoms with Gasteiger partial charge in [0.15, 0.2) is 0 Å². The van der Waals surface area contributed by atoms with E-state index in [1.165, 1.54) is 0 Å². The number of carbonyl (C=O) groups is 1. The Morgan fingerprint density at radius 3 is 2.46 bits per heavy atom.